The van der Waals surface area contributed by atoms with E-state index in [1.54, 1.807) is 21.2 Å². The van der Waals surface area contributed by atoms with Gasteiger partial charge in [0.05, 0.1) is 6.10 Å². The number of hydrogen-bond acceptors (Lipinski definition) is 5. The SMILES string of the molecule is CNc1nc2c([nH]1)c(=O)n(CCCC[C@@H](C)OC)c(=O)n2C. The molecule has 0 saturated heterocycles. The molecule has 0 aromatic carbocycles. The third-order valence-electron chi connectivity index (χ3n) is 3.86. The van der Waals surface area contributed by atoms with Crippen LogP contribution in [0.3, 0.4) is 0 Å². The van der Waals surface area contributed by atoms with E-state index in [1.807, 2.05) is 6.92 Å². The van der Waals surface area contributed by atoms with Gasteiger partial charge in [0.2, 0.25) is 5.95 Å². The number of aryl methyl sites for hydroxylation is 1. The molecule has 0 radical (unpaired) electrons. The Labute approximate surface area is 128 Å². The highest BCUT2D eigenvalue weighted by Crippen LogP contribution is 2.08. The predicted octanol–water partition coefficient (Wildman–Crippen LogP) is 0.670. The number of unbranched alkanes of at least 4 members (excludes halogenated alkanes) is 1. The molecule has 2 rings (SSSR count). The van der Waals surface area contributed by atoms with Crippen LogP contribution in [0.25, 0.3) is 11.2 Å². The van der Waals surface area contributed by atoms with Gasteiger partial charge in [0.15, 0.2) is 11.2 Å². The minimum atomic E-state index is -0.341. The second kappa shape index (κ2) is 6.78. The minimum absolute atomic E-state index is 0.188. The lowest BCUT2D eigenvalue weighted by Gasteiger charge is -2.10. The van der Waals surface area contributed by atoms with Crippen molar-refractivity contribution in [3.63, 3.8) is 0 Å². The first-order chi connectivity index (χ1) is 10.5. The largest absolute Gasteiger partial charge is 0.382 e. The van der Waals surface area contributed by atoms with E-state index in [9.17, 15) is 9.59 Å². The molecule has 2 aromatic heterocycles. The summed E-state index contributed by atoms with van der Waals surface area (Å²) < 4.78 is 7.84. The average molecular weight is 309 g/mol. The van der Waals surface area contributed by atoms with Crippen molar-refractivity contribution >= 4 is 17.1 Å². The van der Waals surface area contributed by atoms with Gasteiger partial charge in [-0.25, -0.2) is 4.79 Å². The van der Waals surface area contributed by atoms with Gasteiger partial charge in [0.25, 0.3) is 5.56 Å². The predicted molar refractivity (Wildman–Crippen MR) is 85.5 cm³/mol. The smallest absolute Gasteiger partial charge is 0.332 e. The fraction of sp³-hybridized carbons (Fsp3) is 0.643. The molecule has 122 valence electrons. The van der Waals surface area contributed by atoms with Gasteiger partial charge in [-0.3, -0.25) is 13.9 Å². The Balaban J connectivity index is 2.26. The number of anilines is 1. The Hall–Kier alpha value is -2.09. The topological polar surface area (TPSA) is 93.9 Å². The van der Waals surface area contributed by atoms with Crippen LogP contribution in [0.4, 0.5) is 5.95 Å². The molecule has 0 fully saturated rings. The number of nitrogens with zero attached hydrogens (tertiary/aromatic N) is 3. The number of methoxy groups -OCH3 is 1. The normalized spacial score (nSPS) is 12.7. The summed E-state index contributed by atoms with van der Waals surface area (Å²) in [6, 6.07) is 0. The van der Waals surface area contributed by atoms with Crippen LogP contribution in [0.5, 0.6) is 0 Å². The van der Waals surface area contributed by atoms with E-state index in [4.69, 9.17) is 4.74 Å². The minimum Gasteiger partial charge on any atom is -0.382 e. The number of imidazole rings is 1. The van der Waals surface area contributed by atoms with Crippen molar-refractivity contribution in [2.45, 2.75) is 38.8 Å². The molecule has 2 aromatic rings. The van der Waals surface area contributed by atoms with Crippen molar-refractivity contribution in [2.75, 3.05) is 19.5 Å². The van der Waals surface area contributed by atoms with Crippen LogP contribution in [-0.4, -0.2) is 39.4 Å². The number of ether oxygens (including phenoxy) is 1. The van der Waals surface area contributed by atoms with Gasteiger partial charge in [-0.2, -0.15) is 4.98 Å². The Morgan fingerprint density at radius 1 is 1.36 bits per heavy atom. The molecule has 0 saturated carbocycles. The summed E-state index contributed by atoms with van der Waals surface area (Å²) in [5.74, 6) is 0.466. The average Bonchev–Trinajstić information content (AvgIpc) is 2.96. The van der Waals surface area contributed by atoms with E-state index >= 15 is 0 Å². The number of fused-ring (bicyclic) bond motifs is 1. The summed E-state index contributed by atoms with van der Waals surface area (Å²) in [5.41, 5.74) is 0.0404. The van der Waals surface area contributed by atoms with E-state index in [0.717, 1.165) is 19.3 Å². The first-order valence-corrected chi connectivity index (χ1v) is 7.39. The zero-order valence-electron chi connectivity index (χ0n) is 13.5. The highest BCUT2D eigenvalue weighted by molar-refractivity contribution is 5.72. The lowest BCUT2D eigenvalue weighted by Crippen LogP contribution is -2.39. The summed E-state index contributed by atoms with van der Waals surface area (Å²) in [7, 11) is 5.00. The van der Waals surface area contributed by atoms with Crippen LogP contribution < -0.4 is 16.6 Å². The van der Waals surface area contributed by atoms with Crippen molar-refractivity contribution < 1.29 is 4.74 Å². The molecular formula is C14H23N5O3. The molecule has 0 unspecified atom stereocenters. The highest BCUT2D eigenvalue weighted by atomic mass is 16.5. The number of nitrogens with one attached hydrogen (secondary N) is 2. The molecule has 1 atom stereocenters. The van der Waals surface area contributed by atoms with E-state index in [2.05, 4.69) is 15.3 Å². The van der Waals surface area contributed by atoms with E-state index in [-0.39, 0.29) is 17.4 Å². The molecule has 0 spiro atoms. The molecule has 2 heterocycles. The van der Waals surface area contributed by atoms with Gasteiger partial charge in [0, 0.05) is 27.7 Å². The quantitative estimate of drug-likeness (QED) is 0.733. The fourth-order valence-electron chi connectivity index (χ4n) is 2.38. The van der Waals surface area contributed by atoms with E-state index in [0.29, 0.717) is 23.7 Å². The molecule has 0 aliphatic carbocycles. The molecule has 0 amide bonds. The number of hydrogen-bond donors (Lipinski definition) is 2. The van der Waals surface area contributed by atoms with Gasteiger partial charge in [-0.1, -0.05) is 0 Å². The van der Waals surface area contributed by atoms with Crippen LogP contribution in [0.2, 0.25) is 0 Å². The molecule has 8 heteroatoms. The zero-order valence-corrected chi connectivity index (χ0v) is 13.5. The van der Waals surface area contributed by atoms with Gasteiger partial charge in [-0.05, 0) is 26.2 Å². The maximum Gasteiger partial charge on any atom is 0.332 e. The van der Waals surface area contributed by atoms with Crippen LogP contribution in [-0.2, 0) is 18.3 Å². The third kappa shape index (κ3) is 3.06. The van der Waals surface area contributed by atoms with Crippen molar-refractivity contribution in [3.8, 4) is 0 Å². The molecule has 0 aliphatic rings. The van der Waals surface area contributed by atoms with Crippen LogP contribution in [0.1, 0.15) is 26.2 Å². The Morgan fingerprint density at radius 3 is 2.73 bits per heavy atom. The van der Waals surface area contributed by atoms with Gasteiger partial charge in [0.1, 0.15) is 0 Å². The van der Waals surface area contributed by atoms with Crippen LogP contribution in [0, 0.1) is 0 Å². The molecule has 0 aliphatic heterocycles. The Kier molecular flexibility index (Phi) is 5.02. The number of H-pyrrole nitrogens is 1. The summed E-state index contributed by atoms with van der Waals surface area (Å²) in [6.45, 7) is 2.40. The van der Waals surface area contributed by atoms with Crippen LogP contribution in [0.15, 0.2) is 9.59 Å². The van der Waals surface area contributed by atoms with Crippen molar-refractivity contribution in [1.29, 1.82) is 0 Å². The van der Waals surface area contributed by atoms with Crippen LogP contribution >= 0.6 is 0 Å². The van der Waals surface area contributed by atoms with E-state index < -0.39 is 0 Å². The molecule has 22 heavy (non-hydrogen) atoms. The molecule has 8 nitrogen and oxygen atoms in total. The molecule has 2 N–H and O–H groups in total. The zero-order chi connectivity index (χ0) is 16.3. The second-order valence-electron chi connectivity index (χ2n) is 5.37. The summed E-state index contributed by atoms with van der Waals surface area (Å²) in [6.07, 6.45) is 2.74. The monoisotopic (exact) mass is 309 g/mol. The van der Waals surface area contributed by atoms with E-state index in [1.165, 1.54) is 9.13 Å². The summed E-state index contributed by atoms with van der Waals surface area (Å²) in [5, 5.41) is 2.84. The Bertz CT molecular complexity index is 758. The first kappa shape index (κ1) is 16.3. The van der Waals surface area contributed by atoms with Gasteiger partial charge in [-0.15, -0.1) is 0 Å². The molecule has 0 bridgehead atoms. The Morgan fingerprint density at radius 2 is 2.09 bits per heavy atom. The lowest BCUT2D eigenvalue weighted by atomic mass is 10.2. The fourth-order valence-corrected chi connectivity index (χ4v) is 2.38. The third-order valence-corrected chi connectivity index (χ3v) is 3.86. The van der Waals surface area contributed by atoms with Crippen molar-refractivity contribution in [1.82, 2.24) is 19.1 Å². The van der Waals surface area contributed by atoms with Gasteiger partial charge < -0.3 is 15.0 Å². The first-order valence-electron chi connectivity index (χ1n) is 7.39. The maximum atomic E-state index is 12.4. The van der Waals surface area contributed by atoms with Gasteiger partial charge >= 0.3 is 5.69 Å². The summed E-state index contributed by atoms with van der Waals surface area (Å²) in [4.78, 5) is 31.8. The second-order valence-corrected chi connectivity index (χ2v) is 5.37. The lowest BCUT2D eigenvalue weighted by molar-refractivity contribution is 0.108. The number of rotatable bonds is 7. The highest BCUT2D eigenvalue weighted by Gasteiger charge is 2.14. The number of aromatic amines is 1. The number of aromatic nitrogens is 4. The maximum absolute atomic E-state index is 12.4. The van der Waals surface area contributed by atoms with Crippen molar-refractivity contribution in [3.05, 3.63) is 20.8 Å². The summed E-state index contributed by atoms with van der Waals surface area (Å²) >= 11 is 0. The van der Waals surface area contributed by atoms with Crippen molar-refractivity contribution in [2.24, 2.45) is 7.05 Å². The molecular weight excluding hydrogens is 286 g/mol. The standard InChI is InChI=1S/C14H23N5O3/c1-9(22-4)7-5-6-8-19-12(20)10-11(18(3)14(19)21)17-13(15-2)16-10/h9H,5-8H2,1-4H3,(H2,15,16,17)/t9-/m1/s1.